The van der Waals surface area contributed by atoms with E-state index in [1.807, 2.05) is 0 Å². The molecule has 0 bridgehead atoms. The third-order valence-corrected chi connectivity index (χ3v) is 6.70. The molecule has 0 saturated heterocycles. The van der Waals surface area contributed by atoms with Gasteiger partial charge in [0.2, 0.25) is 0 Å². The van der Waals surface area contributed by atoms with Gasteiger partial charge in [0.25, 0.3) is 0 Å². The smallest absolute Gasteiger partial charge is 0.373 e. The highest BCUT2D eigenvalue weighted by Crippen LogP contribution is 2.14. The van der Waals surface area contributed by atoms with Crippen molar-refractivity contribution < 1.29 is 43.8 Å². The van der Waals surface area contributed by atoms with Gasteiger partial charge in [-0.1, -0.05) is 104 Å². The number of hydrogen-bond donors (Lipinski definition) is 2. The second-order valence-corrected chi connectivity index (χ2v) is 11.4. The van der Waals surface area contributed by atoms with Crippen LogP contribution < -0.4 is 0 Å². The van der Waals surface area contributed by atoms with Gasteiger partial charge in [-0.25, -0.2) is 8.37 Å². The van der Waals surface area contributed by atoms with Gasteiger partial charge in [-0.05, 0) is 12.8 Å². The maximum atomic E-state index is 11.1. The quantitative estimate of drug-likeness (QED) is 0.0947. The van der Waals surface area contributed by atoms with Gasteiger partial charge in [-0.15, -0.1) is 0 Å². The van der Waals surface area contributed by atoms with E-state index in [0.717, 1.165) is 51.4 Å². The molecule has 0 aromatic carbocycles. The Kier molecular flexibility index (Phi) is 22.4. The zero-order chi connectivity index (χ0) is 27.1. The Bertz CT molecular complexity index is 638. The molecule has 0 radical (unpaired) electrons. The molecule has 2 N–H and O–H groups in total. The molecule has 0 spiro atoms. The zero-order valence-corrected chi connectivity index (χ0v) is 23.9. The van der Waals surface area contributed by atoms with E-state index in [1.54, 1.807) is 0 Å². The van der Waals surface area contributed by atoms with Crippen LogP contribution in [0.25, 0.3) is 0 Å². The third-order valence-electron chi connectivity index (χ3n) is 5.84. The van der Waals surface area contributed by atoms with Crippen LogP contribution in [0.4, 0.5) is 0 Å². The van der Waals surface area contributed by atoms with E-state index in [0.29, 0.717) is 0 Å². The molecule has 2 atom stereocenters. The van der Waals surface area contributed by atoms with Crippen molar-refractivity contribution in [3.05, 3.63) is 0 Å². The van der Waals surface area contributed by atoms with Crippen LogP contribution in [-0.4, -0.2) is 64.6 Å². The number of ether oxygens (including phenoxy) is 2. The van der Waals surface area contributed by atoms with Crippen LogP contribution in [0.5, 0.6) is 0 Å². The molecule has 0 aliphatic carbocycles. The van der Waals surface area contributed by atoms with Crippen LogP contribution >= 0.6 is 0 Å². The second kappa shape index (κ2) is 22.6. The summed E-state index contributed by atoms with van der Waals surface area (Å²) in [5, 5.41) is 0. The van der Waals surface area contributed by atoms with E-state index in [4.69, 9.17) is 18.6 Å². The predicted octanol–water partition coefficient (Wildman–Crippen LogP) is 5.68. The standard InChI is InChI=1S/C24H50O10S2/c1-3-5-7-9-11-13-15-17-19-31-23(21-33-35(25,26)27)24(22-34-36(28,29)30)32-20-18-16-14-12-10-8-6-4-2/h23-24H,3-22H2,1-2H3,(H,25,26,27)(H,28,29,30)/t23-,24-/m0/s1. The molecular weight excluding hydrogens is 512 g/mol. The average Bonchev–Trinajstić information content (AvgIpc) is 2.79. The maximum Gasteiger partial charge on any atom is 0.397 e. The SMILES string of the molecule is CCCCCCCCCCO[C@@H](COS(=O)(=O)O)[C@H](COS(=O)(=O)O)OCCCCCCCCCC. The van der Waals surface area contributed by atoms with Crippen LogP contribution in [0, 0.1) is 0 Å². The van der Waals surface area contributed by atoms with Gasteiger partial charge in [0.15, 0.2) is 0 Å². The first-order chi connectivity index (χ1) is 17.1. The highest BCUT2D eigenvalue weighted by atomic mass is 32.3. The van der Waals surface area contributed by atoms with E-state index in [2.05, 4.69) is 22.2 Å². The molecule has 36 heavy (non-hydrogen) atoms. The Morgan fingerprint density at radius 3 is 1.06 bits per heavy atom. The Hall–Kier alpha value is -0.340. The lowest BCUT2D eigenvalue weighted by atomic mass is 10.1. The van der Waals surface area contributed by atoms with E-state index in [1.165, 1.54) is 51.4 Å². The lowest BCUT2D eigenvalue weighted by molar-refractivity contribution is -0.104. The summed E-state index contributed by atoms with van der Waals surface area (Å²) in [5.74, 6) is 0. The van der Waals surface area contributed by atoms with Crippen molar-refractivity contribution in [1.82, 2.24) is 0 Å². The summed E-state index contributed by atoms with van der Waals surface area (Å²) < 4.78 is 82.8. The summed E-state index contributed by atoms with van der Waals surface area (Å²) in [6.45, 7) is 3.75. The highest BCUT2D eigenvalue weighted by Gasteiger charge is 2.27. The molecule has 218 valence electrons. The van der Waals surface area contributed by atoms with E-state index in [9.17, 15) is 16.8 Å². The van der Waals surface area contributed by atoms with Gasteiger partial charge >= 0.3 is 20.8 Å². The minimum absolute atomic E-state index is 0.276. The highest BCUT2D eigenvalue weighted by molar-refractivity contribution is 7.81. The van der Waals surface area contributed by atoms with Gasteiger partial charge in [0.05, 0.1) is 13.2 Å². The number of unbranched alkanes of at least 4 members (excludes halogenated alkanes) is 14. The van der Waals surface area contributed by atoms with Crippen molar-refractivity contribution >= 4 is 20.8 Å². The van der Waals surface area contributed by atoms with Crippen molar-refractivity contribution in [1.29, 1.82) is 0 Å². The first kappa shape index (κ1) is 35.7. The molecule has 0 aliphatic heterocycles. The molecule has 0 aromatic heterocycles. The van der Waals surface area contributed by atoms with E-state index in [-0.39, 0.29) is 13.2 Å². The molecule has 0 aliphatic rings. The van der Waals surface area contributed by atoms with Gasteiger partial charge in [0, 0.05) is 13.2 Å². The molecule has 0 unspecified atom stereocenters. The van der Waals surface area contributed by atoms with Crippen LogP contribution in [0.1, 0.15) is 117 Å². The first-order valence-corrected chi connectivity index (χ1v) is 16.3. The molecule has 0 rings (SSSR count). The van der Waals surface area contributed by atoms with Crippen molar-refractivity contribution in [2.45, 2.75) is 129 Å². The van der Waals surface area contributed by atoms with Gasteiger partial charge in [0.1, 0.15) is 12.2 Å². The summed E-state index contributed by atoms with van der Waals surface area (Å²) in [6, 6.07) is 0. The minimum atomic E-state index is -4.73. The molecule has 0 saturated carbocycles. The Balaban J connectivity index is 4.70. The van der Waals surface area contributed by atoms with Crippen LogP contribution in [-0.2, 0) is 38.6 Å². The monoisotopic (exact) mass is 562 g/mol. The summed E-state index contributed by atoms with van der Waals surface area (Å²) >= 11 is 0. The van der Waals surface area contributed by atoms with Crippen LogP contribution in [0.3, 0.4) is 0 Å². The molecule has 12 heteroatoms. The van der Waals surface area contributed by atoms with E-state index >= 15 is 0 Å². The topological polar surface area (TPSA) is 146 Å². The summed E-state index contributed by atoms with van der Waals surface area (Å²) in [5.41, 5.74) is 0. The Labute approximate surface area is 219 Å². The third kappa shape index (κ3) is 25.3. The Morgan fingerprint density at radius 1 is 0.500 bits per heavy atom. The lowest BCUT2D eigenvalue weighted by Gasteiger charge is -2.26. The Morgan fingerprint density at radius 2 is 0.778 bits per heavy atom. The normalized spacial score (nSPS) is 14.2. The molecule has 10 nitrogen and oxygen atoms in total. The first-order valence-electron chi connectivity index (χ1n) is 13.6. The molecular formula is C24H50O10S2. The lowest BCUT2D eigenvalue weighted by Crippen LogP contribution is -2.40. The van der Waals surface area contributed by atoms with Crippen molar-refractivity contribution in [3.63, 3.8) is 0 Å². The summed E-state index contributed by atoms with van der Waals surface area (Å²) in [6.07, 6.45) is 15.4. The number of hydrogen-bond acceptors (Lipinski definition) is 8. The largest absolute Gasteiger partial charge is 0.397 e. The predicted molar refractivity (Wildman–Crippen MR) is 140 cm³/mol. The fourth-order valence-corrected chi connectivity index (χ4v) is 4.39. The second-order valence-electron chi connectivity index (χ2n) is 9.19. The molecule has 0 fully saturated rings. The maximum absolute atomic E-state index is 11.1. The van der Waals surface area contributed by atoms with Crippen LogP contribution in [0.15, 0.2) is 0 Å². The van der Waals surface area contributed by atoms with E-state index < -0.39 is 46.2 Å². The van der Waals surface area contributed by atoms with Crippen molar-refractivity contribution in [3.8, 4) is 0 Å². The summed E-state index contributed by atoms with van der Waals surface area (Å²) in [4.78, 5) is 0. The number of rotatable bonds is 27. The fraction of sp³-hybridized carbons (Fsp3) is 1.00. The fourth-order valence-electron chi connectivity index (χ4n) is 3.77. The average molecular weight is 563 g/mol. The molecule has 0 aromatic rings. The molecule has 0 amide bonds. The van der Waals surface area contributed by atoms with Crippen molar-refractivity contribution in [2.24, 2.45) is 0 Å². The minimum Gasteiger partial charge on any atom is -0.373 e. The zero-order valence-electron chi connectivity index (χ0n) is 22.3. The van der Waals surface area contributed by atoms with Gasteiger partial charge < -0.3 is 9.47 Å². The van der Waals surface area contributed by atoms with Crippen molar-refractivity contribution in [2.75, 3.05) is 26.4 Å². The van der Waals surface area contributed by atoms with Gasteiger partial charge in [-0.2, -0.15) is 16.8 Å². The van der Waals surface area contributed by atoms with Crippen LogP contribution in [0.2, 0.25) is 0 Å². The van der Waals surface area contributed by atoms with Gasteiger partial charge in [-0.3, -0.25) is 9.11 Å². The summed E-state index contributed by atoms with van der Waals surface area (Å²) in [7, 11) is -9.47. The molecule has 0 heterocycles.